The van der Waals surface area contributed by atoms with Gasteiger partial charge in [0.25, 0.3) is 0 Å². The first-order valence-electron chi connectivity index (χ1n) is 8.67. The van der Waals surface area contributed by atoms with Crippen molar-refractivity contribution in [1.29, 1.82) is 0 Å². The van der Waals surface area contributed by atoms with Crippen LogP contribution >= 0.6 is 23.2 Å². The smallest absolute Gasteiger partial charge is 0.101 e. The average molecular weight is 373 g/mol. The third-order valence-corrected chi connectivity index (χ3v) is 4.91. The number of aryl methyl sites for hydroxylation is 1. The maximum absolute atomic E-state index is 6.44. The summed E-state index contributed by atoms with van der Waals surface area (Å²) in [7, 11) is 2.02. The van der Waals surface area contributed by atoms with Gasteiger partial charge in [0.15, 0.2) is 0 Å². The molecule has 0 fully saturated rings. The van der Waals surface area contributed by atoms with Crippen LogP contribution in [-0.2, 0) is 7.05 Å². The van der Waals surface area contributed by atoms with Crippen LogP contribution in [0.5, 0.6) is 0 Å². The van der Waals surface area contributed by atoms with Gasteiger partial charge in [-0.1, -0.05) is 73.8 Å². The van der Waals surface area contributed by atoms with Gasteiger partial charge >= 0.3 is 0 Å². The van der Waals surface area contributed by atoms with Gasteiger partial charge in [-0.05, 0) is 30.5 Å². The maximum atomic E-state index is 6.44. The minimum Gasteiger partial charge on any atom is -0.267 e. The Morgan fingerprint density at radius 3 is 2.60 bits per heavy atom. The Hall–Kier alpha value is -1.77. The molecule has 130 valence electrons. The zero-order valence-corrected chi connectivity index (χ0v) is 16.3. The maximum Gasteiger partial charge on any atom is 0.101 e. The van der Waals surface area contributed by atoms with E-state index >= 15 is 0 Å². The van der Waals surface area contributed by atoms with Crippen molar-refractivity contribution in [2.75, 3.05) is 0 Å². The predicted molar refractivity (Wildman–Crippen MR) is 109 cm³/mol. The van der Waals surface area contributed by atoms with Crippen LogP contribution in [0.2, 0.25) is 10.0 Å². The van der Waals surface area contributed by atoms with E-state index in [1.807, 2.05) is 23.9 Å². The second-order valence-corrected chi connectivity index (χ2v) is 7.03. The highest BCUT2D eigenvalue weighted by Gasteiger charge is 2.17. The van der Waals surface area contributed by atoms with Gasteiger partial charge in [0.2, 0.25) is 0 Å². The first-order valence-corrected chi connectivity index (χ1v) is 9.43. The lowest BCUT2D eigenvalue weighted by Crippen LogP contribution is -1.98. The van der Waals surface area contributed by atoms with Crippen LogP contribution in [-0.4, -0.2) is 9.78 Å². The van der Waals surface area contributed by atoms with Crippen molar-refractivity contribution in [3.05, 3.63) is 58.2 Å². The number of fused-ring (bicyclic) bond motifs is 1. The fourth-order valence-corrected chi connectivity index (χ4v) is 3.87. The second-order valence-electron chi connectivity index (χ2n) is 6.19. The van der Waals surface area contributed by atoms with Crippen molar-refractivity contribution >= 4 is 39.7 Å². The van der Waals surface area contributed by atoms with Crippen LogP contribution in [0.4, 0.5) is 0 Å². The minimum atomic E-state index is 0.638. The summed E-state index contributed by atoms with van der Waals surface area (Å²) in [4.78, 5) is 0. The van der Waals surface area contributed by atoms with Crippen LogP contribution in [0.1, 0.15) is 38.8 Å². The van der Waals surface area contributed by atoms with E-state index in [0.717, 1.165) is 35.9 Å². The lowest BCUT2D eigenvalue weighted by molar-refractivity contribution is 0.760. The van der Waals surface area contributed by atoms with E-state index in [-0.39, 0.29) is 0 Å². The molecule has 0 atom stereocenters. The van der Waals surface area contributed by atoms with Crippen LogP contribution in [0.15, 0.2) is 42.5 Å². The van der Waals surface area contributed by atoms with E-state index < -0.39 is 0 Å². The van der Waals surface area contributed by atoms with Crippen molar-refractivity contribution in [1.82, 2.24) is 9.78 Å². The number of halogens is 2. The number of nitrogens with zero attached hydrogens (tertiary/aromatic N) is 2. The number of aromatic nitrogens is 2. The lowest BCUT2D eigenvalue weighted by Gasteiger charge is -2.08. The van der Waals surface area contributed by atoms with Crippen LogP contribution in [0.3, 0.4) is 0 Å². The summed E-state index contributed by atoms with van der Waals surface area (Å²) in [5.41, 5.74) is 5.52. The first kappa shape index (κ1) is 18.0. The molecule has 0 N–H and O–H groups in total. The Balaban J connectivity index is 2.25. The molecule has 2 aromatic carbocycles. The summed E-state index contributed by atoms with van der Waals surface area (Å²) in [5, 5.41) is 7.27. The summed E-state index contributed by atoms with van der Waals surface area (Å²) in [6, 6.07) is 11.9. The second kappa shape index (κ2) is 7.63. The molecular weight excluding hydrogens is 351 g/mol. The standard InChI is InChI=1S/C21H22Cl2N2/c1-4-7-14(8-5-2)21-18-10-6-9-17(20(18)24-25(21)3)16-12-11-15(22)13-19(16)23/h6-7,9-13H,4-5,8H2,1-3H3/b14-7+. The van der Waals surface area contributed by atoms with Crippen molar-refractivity contribution in [3.8, 4) is 11.1 Å². The Bertz CT molecular complexity index is 938. The summed E-state index contributed by atoms with van der Waals surface area (Å²) in [6.45, 7) is 4.38. The summed E-state index contributed by atoms with van der Waals surface area (Å²) < 4.78 is 2.00. The normalized spacial score (nSPS) is 12.1. The highest BCUT2D eigenvalue weighted by atomic mass is 35.5. The minimum absolute atomic E-state index is 0.638. The first-order chi connectivity index (χ1) is 12.1. The highest BCUT2D eigenvalue weighted by molar-refractivity contribution is 6.36. The molecule has 0 radical (unpaired) electrons. The largest absolute Gasteiger partial charge is 0.267 e. The van der Waals surface area contributed by atoms with Crippen molar-refractivity contribution < 1.29 is 0 Å². The average Bonchev–Trinajstić information content (AvgIpc) is 2.91. The van der Waals surface area contributed by atoms with Crippen LogP contribution < -0.4 is 0 Å². The van der Waals surface area contributed by atoms with E-state index in [9.17, 15) is 0 Å². The molecule has 4 heteroatoms. The van der Waals surface area contributed by atoms with Gasteiger partial charge in [-0.2, -0.15) is 5.10 Å². The molecule has 1 aromatic heterocycles. The molecule has 25 heavy (non-hydrogen) atoms. The molecule has 1 heterocycles. The van der Waals surface area contributed by atoms with Gasteiger partial charge in [-0.3, -0.25) is 4.68 Å². The molecule has 0 saturated heterocycles. The SMILES string of the molecule is CC/C=C(\CCC)c1c2cccc(-c3ccc(Cl)cc3Cl)c2nn1C. The van der Waals surface area contributed by atoms with E-state index in [1.54, 1.807) is 6.07 Å². The third-order valence-electron chi connectivity index (χ3n) is 4.36. The fourth-order valence-electron chi connectivity index (χ4n) is 3.36. The molecule has 3 rings (SSSR count). The van der Waals surface area contributed by atoms with Gasteiger partial charge < -0.3 is 0 Å². The molecule has 0 saturated carbocycles. The predicted octanol–water partition coefficient (Wildman–Crippen LogP) is 7.14. The number of benzene rings is 2. The molecule has 0 spiro atoms. The molecule has 0 bridgehead atoms. The van der Waals surface area contributed by atoms with E-state index in [2.05, 4.69) is 38.1 Å². The summed E-state index contributed by atoms with van der Waals surface area (Å²) >= 11 is 12.5. The zero-order valence-electron chi connectivity index (χ0n) is 14.8. The third kappa shape index (κ3) is 3.47. The van der Waals surface area contributed by atoms with Crippen LogP contribution in [0, 0.1) is 0 Å². The molecule has 3 aromatic rings. The van der Waals surface area contributed by atoms with Gasteiger partial charge in [0.1, 0.15) is 5.52 Å². The van der Waals surface area contributed by atoms with Crippen molar-refractivity contribution in [2.24, 2.45) is 7.05 Å². The molecular formula is C21H22Cl2N2. The number of hydrogen-bond acceptors (Lipinski definition) is 1. The lowest BCUT2D eigenvalue weighted by atomic mass is 9.98. The Labute approximate surface area is 159 Å². The Morgan fingerprint density at radius 2 is 1.92 bits per heavy atom. The molecule has 0 unspecified atom stereocenters. The zero-order chi connectivity index (χ0) is 18.0. The Kier molecular flexibility index (Phi) is 5.51. The number of hydrogen-bond donors (Lipinski definition) is 0. The van der Waals surface area contributed by atoms with Gasteiger partial charge in [0.05, 0.1) is 5.69 Å². The van der Waals surface area contributed by atoms with E-state index in [4.69, 9.17) is 28.3 Å². The number of rotatable bonds is 5. The van der Waals surface area contributed by atoms with Gasteiger partial charge in [-0.25, -0.2) is 0 Å². The van der Waals surface area contributed by atoms with Crippen molar-refractivity contribution in [3.63, 3.8) is 0 Å². The molecule has 0 aliphatic heterocycles. The molecule has 0 amide bonds. The molecule has 0 aliphatic carbocycles. The highest BCUT2D eigenvalue weighted by Crippen LogP contribution is 2.37. The number of allylic oxidation sites excluding steroid dienone is 2. The summed E-state index contributed by atoms with van der Waals surface area (Å²) in [5.74, 6) is 0. The molecule has 2 nitrogen and oxygen atoms in total. The van der Waals surface area contributed by atoms with E-state index in [1.165, 1.54) is 16.7 Å². The van der Waals surface area contributed by atoms with Crippen molar-refractivity contribution in [2.45, 2.75) is 33.1 Å². The Morgan fingerprint density at radius 1 is 1.12 bits per heavy atom. The monoisotopic (exact) mass is 372 g/mol. The summed E-state index contributed by atoms with van der Waals surface area (Å²) in [6.07, 6.45) is 5.49. The van der Waals surface area contributed by atoms with Crippen LogP contribution in [0.25, 0.3) is 27.6 Å². The van der Waals surface area contributed by atoms with Gasteiger partial charge in [-0.15, -0.1) is 0 Å². The topological polar surface area (TPSA) is 17.8 Å². The van der Waals surface area contributed by atoms with E-state index in [0.29, 0.717) is 10.0 Å². The quantitative estimate of drug-likeness (QED) is 0.465. The molecule has 0 aliphatic rings. The fraction of sp³-hybridized carbons (Fsp3) is 0.286. The van der Waals surface area contributed by atoms with Gasteiger partial charge in [0, 0.05) is 33.6 Å².